The zero-order chi connectivity index (χ0) is 5.11. The molecule has 0 aliphatic carbocycles. The number of hydrogen-bond donors (Lipinski definition) is 2. The molecule has 0 fully saturated rings. The van der Waals surface area contributed by atoms with Crippen LogP contribution in [0, 0.1) is 5.92 Å². The highest BCUT2D eigenvalue weighted by molar-refractivity contribution is 4.88. The fraction of sp³-hybridized carbons (Fsp3) is 0.600. The van der Waals surface area contributed by atoms with Gasteiger partial charge in [-0.1, -0.05) is 13.0 Å². The van der Waals surface area contributed by atoms with Crippen molar-refractivity contribution in [2.75, 3.05) is 6.54 Å². The molecule has 0 amide bonds. The van der Waals surface area contributed by atoms with E-state index >= 15 is 0 Å². The van der Waals surface area contributed by atoms with E-state index in [0.717, 1.165) is 6.54 Å². The first-order valence-electron chi connectivity index (χ1n) is 2.54. The lowest BCUT2D eigenvalue weighted by Crippen LogP contribution is -2.34. The van der Waals surface area contributed by atoms with Crippen LogP contribution in [0.25, 0.3) is 0 Å². The van der Waals surface area contributed by atoms with E-state index < -0.39 is 0 Å². The van der Waals surface area contributed by atoms with Gasteiger partial charge < -0.3 is 5.43 Å². The van der Waals surface area contributed by atoms with Gasteiger partial charge in [-0.15, -0.1) is 0 Å². The summed E-state index contributed by atoms with van der Waals surface area (Å²) in [5.41, 5.74) is 5.88. The highest BCUT2D eigenvalue weighted by atomic mass is 15.3. The van der Waals surface area contributed by atoms with Crippen LogP contribution in [0.3, 0.4) is 0 Å². The van der Waals surface area contributed by atoms with Crippen molar-refractivity contribution < 1.29 is 0 Å². The predicted octanol–water partition coefficient (Wildman–Crippen LogP) is 0.244. The van der Waals surface area contributed by atoms with Crippen LogP contribution < -0.4 is 10.9 Å². The Hall–Kier alpha value is -0.500. The quantitative estimate of drug-likeness (QED) is 0.453. The zero-order valence-electron chi connectivity index (χ0n) is 4.44. The van der Waals surface area contributed by atoms with Gasteiger partial charge >= 0.3 is 0 Å². The van der Waals surface area contributed by atoms with Crippen molar-refractivity contribution in [1.29, 1.82) is 0 Å². The number of nitrogens with one attached hydrogen (secondary N) is 2. The second-order valence-electron chi connectivity index (χ2n) is 1.86. The van der Waals surface area contributed by atoms with E-state index in [2.05, 4.69) is 23.9 Å². The molecule has 0 aromatic rings. The molecule has 0 saturated heterocycles. The van der Waals surface area contributed by atoms with E-state index in [1.54, 1.807) is 0 Å². The molecular formula is C5H10N2. The summed E-state index contributed by atoms with van der Waals surface area (Å²) < 4.78 is 0. The smallest absolute Gasteiger partial charge is 0.0208 e. The number of hydrogen-bond acceptors (Lipinski definition) is 2. The Kier molecular flexibility index (Phi) is 1.32. The SMILES string of the molecule is CC1C=CNNC1. The van der Waals surface area contributed by atoms with Crippen LogP contribution in [0.2, 0.25) is 0 Å². The van der Waals surface area contributed by atoms with Gasteiger partial charge in [0.2, 0.25) is 0 Å². The fourth-order valence-corrected chi connectivity index (χ4v) is 0.559. The maximum Gasteiger partial charge on any atom is 0.0208 e. The van der Waals surface area contributed by atoms with Gasteiger partial charge in [0.15, 0.2) is 0 Å². The van der Waals surface area contributed by atoms with Crippen molar-refractivity contribution in [3.8, 4) is 0 Å². The highest BCUT2D eigenvalue weighted by Crippen LogP contribution is 1.94. The first kappa shape index (κ1) is 4.65. The van der Waals surface area contributed by atoms with Crippen molar-refractivity contribution in [1.82, 2.24) is 10.9 Å². The monoisotopic (exact) mass is 98.1 g/mol. The molecule has 1 unspecified atom stereocenters. The molecule has 1 aliphatic heterocycles. The average Bonchev–Trinajstić information content (AvgIpc) is 1.69. The lowest BCUT2D eigenvalue weighted by molar-refractivity contribution is 0.521. The van der Waals surface area contributed by atoms with E-state index in [9.17, 15) is 0 Å². The Balaban J connectivity index is 2.36. The minimum atomic E-state index is 0.682. The summed E-state index contributed by atoms with van der Waals surface area (Å²) in [6.45, 7) is 3.21. The minimum absolute atomic E-state index is 0.682. The van der Waals surface area contributed by atoms with E-state index in [1.165, 1.54) is 0 Å². The number of rotatable bonds is 0. The summed E-state index contributed by atoms with van der Waals surface area (Å²) in [6, 6.07) is 0. The molecule has 1 atom stereocenters. The minimum Gasteiger partial charge on any atom is -0.329 e. The average molecular weight is 98.1 g/mol. The molecule has 0 saturated carbocycles. The lowest BCUT2D eigenvalue weighted by Gasteiger charge is -2.12. The van der Waals surface area contributed by atoms with Gasteiger partial charge in [-0.2, -0.15) is 0 Å². The molecule has 2 N–H and O–H groups in total. The molecule has 0 bridgehead atoms. The summed E-state index contributed by atoms with van der Waals surface area (Å²) in [7, 11) is 0. The summed E-state index contributed by atoms with van der Waals surface area (Å²) in [5, 5.41) is 0. The van der Waals surface area contributed by atoms with Gasteiger partial charge in [-0.05, 0) is 5.92 Å². The Bertz CT molecular complexity index is 78.1. The van der Waals surface area contributed by atoms with E-state index in [4.69, 9.17) is 0 Å². The van der Waals surface area contributed by atoms with Crippen LogP contribution >= 0.6 is 0 Å². The van der Waals surface area contributed by atoms with Gasteiger partial charge in [0, 0.05) is 12.7 Å². The molecule has 40 valence electrons. The van der Waals surface area contributed by atoms with E-state index in [1.807, 2.05) is 6.20 Å². The van der Waals surface area contributed by atoms with Crippen LogP contribution in [-0.4, -0.2) is 6.54 Å². The first-order chi connectivity index (χ1) is 3.39. The van der Waals surface area contributed by atoms with E-state index in [-0.39, 0.29) is 0 Å². The third-order valence-corrected chi connectivity index (χ3v) is 1.03. The Morgan fingerprint density at radius 2 is 2.57 bits per heavy atom. The molecule has 0 spiro atoms. The molecule has 2 nitrogen and oxygen atoms in total. The van der Waals surface area contributed by atoms with Gasteiger partial charge in [-0.3, -0.25) is 0 Å². The predicted molar refractivity (Wildman–Crippen MR) is 29.4 cm³/mol. The van der Waals surface area contributed by atoms with Crippen LogP contribution in [0.15, 0.2) is 12.3 Å². The zero-order valence-corrected chi connectivity index (χ0v) is 4.44. The van der Waals surface area contributed by atoms with Crippen LogP contribution in [0.1, 0.15) is 6.92 Å². The van der Waals surface area contributed by atoms with Crippen molar-refractivity contribution in [3.05, 3.63) is 12.3 Å². The number of hydrazine groups is 1. The molecular weight excluding hydrogens is 88.1 g/mol. The largest absolute Gasteiger partial charge is 0.329 e. The molecule has 2 heteroatoms. The first-order valence-corrected chi connectivity index (χ1v) is 2.54. The summed E-state index contributed by atoms with van der Waals surface area (Å²) in [6.07, 6.45) is 4.06. The maximum absolute atomic E-state index is 3.00. The van der Waals surface area contributed by atoms with Gasteiger partial charge in [0.05, 0.1) is 0 Å². The van der Waals surface area contributed by atoms with Gasteiger partial charge in [0.1, 0.15) is 0 Å². The molecule has 1 heterocycles. The normalized spacial score (nSPS) is 29.6. The van der Waals surface area contributed by atoms with Crippen molar-refractivity contribution in [3.63, 3.8) is 0 Å². The van der Waals surface area contributed by atoms with Gasteiger partial charge in [-0.25, -0.2) is 5.43 Å². The maximum atomic E-state index is 3.00. The second-order valence-corrected chi connectivity index (χ2v) is 1.86. The highest BCUT2D eigenvalue weighted by Gasteiger charge is 1.96. The molecule has 7 heavy (non-hydrogen) atoms. The van der Waals surface area contributed by atoms with Crippen molar-refractivity contribution in [2.24, 2.45) is 5.92 Å². The topological polar surface area (TPSA) is 24.1 Å². The standard InChI is InChI=1S/C5H10N2/c1-5-2-3-6-7-4-5/h2-3,5-7H,4H2,1H3. The third kappa shape index (κ3) is 1.20. The molecule has 1 aliphatic rings. The van der Waals surface area contributed by atoms with Crippen LogP contribution in [0.5, 0.6) is 0 Å². The fourth-order valence-electron chi connectivity index (χ4n) is 0.559. The second kappa shape index (κ2) is 1.98. The van der Waals surface area contributed by atoms with Crippen LogP contribution in [-0.2, 0) is 0 Å². The lowest BCUT2D eigenvalue weighted by atomic mass is 10.2. The molecule has 1 rings (SSSR count). The Morgan fingerprint density at radius 3 is 2.86 bits per heavy atom. The third-order valence-electron chi connectivity index (χ3n) is 1.03. The summed E-state index contributed by atoms with van der Waals surface area (Å²) >= 11 is 0. The van der Waals surface area contributed by atoms with Crippen LogP contribution in [0.4, 0.5) is 0 Å². The van der Waals surface area contributed by atoms with Crippen molar-refractivity contribution in [2.45, 2.75) is 6.92 Å². The van der Waals surface area contributed by atoms with Gasteiger partial charge in [0.25, 0.3) is 0 Å². The molecule has 0 aromatic heterocycles. The Morgan fingerprint density at radius 1 is 1.71 bits per heavy atom. The Labute approximate surface area is 43.6 Å². The summed E-state index contributed by atoms with van der Waals surface area (Å²) in [5.74, 6) is 0.682. The molecule has 0 radical (unpaired) electrons. The summed E-state index contributed by atoms with van der Waals surface area (Å²) in [4.78, 5) is 0. The van der Waals surface area contributed by atoms with Crippen molar-refractivity contribution >= 4 is 0 Å². The molecule has 0 aromatic carbocycles. The van der Waals surface area contributed by atoms with E-state index in [0.29, 0.717) is 5.92 Å².